The van der Waals surface area contributed by atoms with Gasteiger partial charge in [-0.25, -0.2) is 9.97 Å². The van der Waals surface area contributed by atoms with E-state index in [-0.39, 0.29) is 23.8 Å². The molecule has 4 N–H and O–H groups in total. The number of aliphatic hydroxyl groups excluding tert-OH is 1. The number of rotatable bonds is 6. The molecule has 0 saturated carbocycles. The number of amides is 1. The molecule has 3 rings (SSSR count). The maximum atomic E-state index is 11.4. The van der Waals surface area contributed by atoms with Gasteiger partial charge in [-0.15, -0.1) is 0 Å². The Hall–Kier alpha value is -3.17. The largest absolute Gasteiger partial charge is 0.485 e. The summed E-state index contributed by atoms with van der Waals surface area (Å²) >= 11 is 0. The summed E-state index contributed by atoms with van der Waals surface area (Å²) < 4.78 is 12.2. The summed E-state index contributed by atoms with van der Waals surface area (Å²) in [6.45, 7) is 0.0353. The van der Waals surface area contributed by atoms with Crippen LogP contribution in [0, 0.1) is 0 Å². The van der Waals surface area contributed by atoms with Crippen molar-refractivity contribution in [2.45, 2.75) is 12.9 Å². The van der Waals surface area contributed by atoms with Crippen LogP contribution in [0.5, 0.6) is 11.6 Å². The highest BCUT2D eigenvalue weighted by Gasteiger charge is 2.15. The molecule has 3 aromatic rings. The average molecular weight is 344 g/mol. The van der Waals surface area contributed by atoms with E-state index in [4.69, 9.17) is 15.2 Å². The van der Waals surface area contributed by atoms with Gasteiger partial charge in [-0.1, -0.05) is 0 Å². The van der Waals surface area contributed by atoms with E-state index in [9.17, 15) is 15.0 Å². The number of imidazole rings is 1. The molecule has 3 aromatic heterocycles. The molecule has 1 amide bonds. The molecule has 0 saturated heterocycles. The summed E-state index contributed by atoms with van der Waals surface area (Å²) in [5.74, 6) is -0.161. The van der Waals surface area contributed by atoms with Crippen LogP contribution < -0.4 is 15.2 Å². The normalized spacial score (nSPS) is 11.0. The van der Waals surface area contributed by atoms with Crippen LogP contribution in [0.3, 0.4) is 0 Å². The first-order valence-corrected chi connectivity index (χ1v) is 7.29. The van der Waals surface area contributed by atoms with Gasteiger partial charge in [0, 0.05) is 18.5 Å². The molecule has 0 aliphatic rings. The number of hydrogen-bond acceptors (Lipinski definition) is 7. The van der Waals surface area contributed by atoms with E-state index in [2.05, 4.69) is 9.97 Å². The number of carbonyl (C=O) groups is 1. The fourth-order valence-electron chi connectivity index (χ4n) is 2.35. The van der Waals surface area contributed by atoms with Crippen LogP contribution in [-0.2, 0) is 6.61 Å². The van der Waals surface area contributed by atoms with Gasteiger partial charge in [-0.3, -0.25) is 4.79 Å². The Kier molecular flexibility index (Phi) is 4.50. The van der Waals surface area contributed by atoms with Crippen molar-refractivity contribution >= 4 is 11.6 Å². The number of nitrogens with two attached hydrogens (primary N) is 1. The molecule has 9 heteroatoms. The predicted molar refractivity (Wildman–Crippen MR) is 86.0 cm³/mol. The molecule has 0 aromatic carbocycles. The van der Waals surface area contributed by atoms with E-state index >= 15 is 0 Å². The van der Waals surface area contributed by atoms with Crippen molar-refractivity contribution in [1.29, 1.82) is 0 Å². The van der Waals surface area contributed by atoms with Crippen molar-refractivity contribution in [2.75, 3.05) is 7.11 Å². The highest BCUT2D eigenvalue weighted by Crippen LogP contribution is 2.27. The standard InChI is InChI=1S/C16H16N4O5/c1-24-13-5-11(16(22)23)12(6-18-13)25-8-9-7-20-4-2-3-10(14(17)21)15(20)19-9/h2-7,16,22-23H,8H2,1H3,(H2,17,21). The summed E-state index contributed by atoms with van der Waals surface area (Å²) in [7, 11) is 1.42. The Morgan fingerprint density at radius 2 is 2.24 bits per heavy atom. The second-order valence-corrected chi connectivity index (χ2v) is 5.18. The summed E-state index contributed by atoms with van der Waals surface area (Å²) in [5, 5.41) is 18.9. The zero-order chi connectivity index (χ0) is 18.0. The van der Waals surface area contributed by atoms with Gasteiger partial charge in [0.25, 0.3) is 5.91 Å². The topological polar surface area (TPSA) is 132 Å². The predicted octanol–water partition coefficient (Wildman–Crippen LogP) is 0.399. The number of methoxy groups -OCH3 is 1. The maximum Gasteiger partial charge on any atom is 0.252 e. The molecule has 0 atom stereocenters. The van der Waals surface area contributed by atoms with Crippen molar-refractivity contribution in [1.82, 2.24) is 14.4 Å². The van der Waals surface area contributed by atoms with Crippen LogP contribution in [0.25, 0.3) is 5.65 Å². The van der Waals surface area contributed by atoms with E-state index in [0.717, 1.165) is 0 Å². The number of carbonyl (C=O) groups excluding carboxylic acids is 1. The highest BCUT2D eigenvalue weighted by molar-refractivity contribution is 5.98. The second-order valence-electron chi connectivity index (χ2n) is 5.18. The third-order valence-corrected chi connectivity index (χ3v) is 3.53. The van der Waals surface area contributed by atoms with Gasteiger partial charge in [-0.05, 0) is 12.1 Å². The van der Waals surface area contributed by atoms with Gasteiger partial charge in [0.15, 0.2) is 6.29 Å². The first-order chi connectivity index (χ1) is 12.0. The number of fused-ring (bicyclic) bond motifs is 1. The van der Waals surface area contributed by atoms with Crippen LogP contribution >= 0.6 is 0 Å². The lowest BCUT2D eigenvalue weighted by molar-refractivity contribution is -0.0445. The number of ether oxygens (including phenoxy) is 2. The number of hydrogen-bond donors (Lipinski definition) is 3. The molecule has 0 radical (unpaired) electrons. The molecular formula is C16H16N4O5. The Labute approximate surface area is 142 Å². The lowest BCUT2D eigenvalue weighted by atomic mass is 10.2. The first-order valence-electron chi connectivity index (χ1n) is 7.29. The number of pyridine rings is 2. The molecule has 0 aliphatic heterocycles. The van der Waals surface area contributed by atoms with Crippen molar-refractivity contribution in [3.8, 4) is 11.6 Å². The number of nitrogens with zero attached hydrogens (tertiary/aromatic N) is 3. The molecule has 3 heterocycles. The Balaban J connectivity index is 1.86. The van der Waals surface area contributed by atoms with Gasteiger partial charge < -0.3 is 29.8 Å². The SMILES string of the molecule is COc1cc(C(O)O)c(OCc2cn3cccc(C(N)=O)c3n2)cn1. The molecule has 0 aliphatic carbocycles. The van der Waals surface area contributed by atoms with Gasteiger partial charge in [0.1, 0.15) is 18.0 Å². The van der Waals surface area contributed by atoms with E-state index in [0.29, 0.717) is 16.9 Å². The third kappa shape index (κ3) is 3.37. The second kappa shape index (κ2) is 6.75. The zero-order valence-corrected chi connectivity index (χ0v) is 13.3. The summed E-state index contributed by atoms with van der Waals surface area (Å²) in [4.78, 5) is 19.7. The zero-order valence-electron chi connectivity index (χ0n) is 13.3. The van der Waals surface area contributed by atoms with Crippen LogP contribution in [0.15, 0.2) is 36.8 Å². The smallest absolute Gasteiger partial charge is 0.252 e. The highest BCUT2D eigenvalue weighted by atomic mass is 16.5. The summed E-state index contributed by atoms with van der Waals surface area (Å²) in [6.07, 6.45) is 3.01. The van der Waals surface area contributed by atoms with Crippen LogP contribution in [0.2, 0.25) is 0 Å². The number of aliphatic hydroxyl groups is 2. The maximum absolute atomic E-state index is 11.4. The van der Waals surface area contributed by atoms with Crippen molar-refractivity contribution in [3.05, 3.63) is 53.6 Å². The van der Waals surface area contributed by atoms with Gasteiger partial charge in [0.05, 0.1) is 30.1 Å². The fraction of sp³-hybridized carbons (Fsp3) is 0.188. The molecule has 25 heavy (non-hydrogen) atoms. The van der Waals surface area contributed by atoms with Crippen LogP contribution in [0.4, 0.5) is 0 Å². The first kappa shape index (κ1) is 16.7. The van der Waals surface area contributed by atoms with E-state index < -0.39 is 12.2 Å². The minimum Gasteiger partial charge on any atom is -0.485 e. The Morgan fingerprint density at radius 3 is 2.92 bits per heavy atom. The number of aromatic nitrogens is 3. The monoisotopic (exact) mass is 344 g/mol. The average Bonchev–Trinajstić information content (AvgIpc) is 3.02. The molecular weight excluding hydrogens is 328 g/mol. The van der Waals surface area contributed by atoms with E-state index in [1.54, 1.807) is 28.9 Å². The minimum absolute atomic E-state index is 0.0353. The van der Waals surface area contributed by atoms with Crippen LogP contribution in [-0.4, -0.2) is 37.6 Å². The van der Waals surface area contributed by atoms with Crippen molar-refractivity contribution in [3.63, 3.8) is 0 Å². The summed E-state index contributed by atoms with van der Waals surface area (Å²) in [5.41, 5.74) is 6.70. The fourth-order valence-corrected chi connectivity index (χ4v) is 2.35. The molecule has 9 nitrogen and oxygen atoms in total. The Morgan fingerprint density at radius 1 is 1.44 bits per heavy atom. The minimum atomic E-state index is -1.74. The van der Waals surface area contributed by atoms with Gasteiger partial charge in [-0.2, -0.15) is 0 Å². The van der Waals surface area contributed by atoms with Crippen molar-refractivity contribution in [2.24, 2.45) is 5.73 Å². The quantitative estimate of drug-likeness (QED) is 0.551. The lowest BCUT2D eigenvalue weighted by Gasteiger charge is -2.12. The van der Waals surface area contributed by atoms with Gasteiger partial charge in [0.2, 0.25) is 5.88 Å². The van der Waals surface area contributed by atoms with Gasteiger partial charge >= 0.3 is 0 Å². The molecule has 0 spiro atoms. The molecule has 0 fully saturated rings. The van der Waals surface area contributed by atoms with Crippen molar-refractivity contribution < 1.29 is 24.5 Å². The van der Waals surface area contributed by atoms with E-state index in [1.807, 2.05) is 0 Å². The molecule has 0 unspecified atom stereocenters. The van der Waals surface area contributed by atoms with E-state index in [1.165, 1.54) is 19.4 Å². The number of primary amides is 1. The summed E-state index contributed by atoms with van der Waals surface area (Å²) in [6, 6.07) is 4.64. The lowest BCUT2D eigenvalue weighted by Crippen LogP contribution is -2.12. The van der Waals surface area contributed by atoms with Crippen LogP contribution in [0.1, 0.15) is 27.9 Å². The molecule has 130 valence electrons. The Bertz CT molecular complexity index is 922. The third-order valence-electron chi connectivity index (χ3n) is 3.53. The molecule has 0 bridgehead atoms.